The Morgan fingerprint density at radius 1 is 1.43 bits per heavy atom. The molecule has 1 atom stereocenters. The van der Waals surface area contributed by atoms with Gasteiger partial charge in [-0.15, -0.1) is 11.8 Å². The van der Waals surface area contributed by atoms with Gasteiger partial charge in [0, 0.05) is 35.9 Å². The highest BCUT2D eigenvalue weighted by Crippen LogP contribution is 2.21. The zero-order valence-corrected chi connectivity index (χ0v) is 14.7. The Labute approximate surface area is 144 Å². The molecule has 2 heterocycles. The standard InChI is InChI=1S/C17H20N2O2S2/c1-22-15-5-2-13(3-6-15)4-7-16(20)19-10-8-14(12-19)21-17-18-9-11-23-17/h2-3,5-6,9,11,14H,4,7-8,10,12H2,1H3. The summed E-state index contributed by atoms with van der Waals surface area (Å²) in [6.45, 7) is 1.45. The summed E-state index contributed by atoms with van der Waals surface area (Å²) in [5, 5.41) is 2.59. The van der Waals surface area contributed by atoms with Crippen LogP contribution in [0.4, 0.5) is 0 Å². The molecule has 122 valence electrons. The van der Waals surface area contributed by atoms with Crippen LogP contribution < -0.4 is 4.74 Å². The van der Waals surface area contributed by atoms with Gasteiger partial charge in [-0.3, -0.25) is 4.79 Å². The van der Waals surface area contributed by atoms with Crippen LogP contribution in [0.5, 0.6) is 5.19 Å². The average molecular weight is 348 g/mol. The van der Waals surface area contributed by atoms with Crippen LogP contribution in [0.1, 0.15) is 18.4 Å². The molecule has 3 rings (SSSR count). The van der Waals surface area contributed by atoms with E-state index >= 15 is 0 Å². The molecule has 0 radical (unpaired) electrons. The summed E-state index contributed by atoms with van der Waals surface area (Å²) < 4.78 is 5.80. The van der Waals surface area contributed by atoms with E-state index in [0.29, 0.717) is 18.2 Å². The molecule has 1 aliphatic heterocycles. The molecule has 6 heteroatoms. The van der Waals surface area contributed by atoms with Crippen molar-refractivity contribution in [2.75, 3.05) is 19.3 Å². The van der Waals surface area contributed by atoms with Gasteiger partial charge < -0.3 is 9.64 Å². The Hall–Kier alpha value is -1.53. The maximum atomic E-state index is 12.3. The van der Waals surface area contributed by atoms with Crippen molar-refractivity contribution >= 4 is 29.0 Å². The second kappa shape index (κ2) is 7.84. The van der Waals surface area contributed by atoms with E-state index in [1.54, 1.807) is 18.0 Å². The number of thiazole rings is 1. The smallest absolute Gasteiger partial charge is 0.273 e. The maximum absolute atomic E-state index is 12.3. The normalized spacial score (nSPS) is 17.4. The molecule has 1 aromatic carbocycles. The molecule has 1 unspecified atom stereocenters. The lowest BCUT2D eigenvalue weighted by molar-refractivity contribution is -0.130. The van der Waals surface area contributed by atoms with E-state index in [1.807, 2.05) is 10.3 Å². The van der Waals surface area contributed by atoms with Gasteiger partial charge in [-0.25, -0.2) is 4.98 Å². The Kier molecular flexibility index (Phi) is 5.56. The predicted octanol–water partition coefficient (Wildman–Crippen LogP) is 3.48. The van der Waals surface area contributed by atoms with E-state index in [2.05, 4.69) is 35.5 Å². The number of carbonyl (C=O) groups excluding carboxylic acids is 1. The van der Waals surface area contributed by atoms with Crippen molar-refractivity contribution in [3.8, 4) is 5.19 Å². The van der Waals surface area contributed by atoms with Crippen molar-refractivity contribution in [3.05, 3.63) is 41.4 Å². The number of carbonyl (C=O) groups is 1. The fraction of sp³-hybridized carbons (Fsp3) is 0.412. The number of ether oxygens (including phenoxy) is 1. The molecule has 2 aromatic rings. The lowest BCUT2D eigenvalue weighted by Crippen LogP contribution is -2.31. The first-order valence-electron chi connectivity index (χ1n) is 7.71. The second-order valence-corrected chi connectivity index (χ2v) is 7.25. The van der Waals surface area contributed by atoms with Gasteiger partial charge in [0.1, 0.15) is 6.10 Å². The molecule has 0 N–H and O–H groups in total. The van der Waals surface area contributed by atoms with Gasteiger partial charge in [-0.2, -0.15) is 0 Å². The summed E-state index contributed by atoms with van der Waals surface area (Å²) in [6, 6.07) is 8.44. The fourth-order valence-electron chi connectivity index (χ4n) is 2.66. The van der Waals surface area contributed by atoms with Crippen LogP contribution in [-0.2, 0) is 11.2 Å². The number of aryl methyl sites for hydroxylation is 1. The van der Waals surface area contributed by atoms with Crippen LogP contribution in [0, 0.1) is 0 Å². The van der Waals surface area contributed by atoms with Gasteiger partial charge in [0.05, 0.1) is 6.54 Å². The molecule has 1 aromatic heterocycles. The number of amides is 1. The molecule has 4 nitrogen and oxygen atoms in total. The molecule has 1 amide bonds. The van der Waals surface area contributed by atoms with Gasteiger partial charge in [-0.1, -0.05) is 23.5 Å². The largest absolute Gasteiger partial charge is 0.465 e. The van der Waals surface area contributed by atoms with Gasteiger partial charge in [-0.05, 0) is 30.4 Å². The van der Waals surface area contributed by atoms with Crippen molar-refractivity contribution in [1.82, 2.24) is 9.88 Å². The van der Waals surface area contributed by atoms with E-state index in [4.69, 9.17) is 4.74 Å². The Morgan fingerprint density at radius 3 is 2.96 bits per heavy atom. The van der Waals surface area contributed by atoms with Crippen LogP contribution in [0.2, 0.25) is 0 Å². The third-order valence-electron chi connectivity index (χ3n) is 3.96. The lowest BCUT2D eigenvalue weighted by Gasteiger charge is -2.16. The van der Waals surface area contributed by atoms with Crippen molar-refractivity contribution in [3.63, 3.8) is 0 Å². The molecule has 23 heavy (non-hydrogen) atoms. The first kappa shape index (κ1) is 16.3. The summed E-state index contributed by atoms with van der Waals surface area (Å²) in [6.07, 6.45) is 6.11. The minimum Gasteiger partial charge on any atom is -0.465 e. The van der Waals surface area contributed by atoms with Crippen LogP contribution >= 0.6 is 23.1 Å². The molecular weight excluding hydrogens is 328 g/mol. The number of hydrogen-bond acceptors (Lipinski definition) is 5. The van der Waals surface area contributed by atoms with Gasteiger partial charge in [0.15, 0.2) is 0 Å². The summed E-state index contributed by atoms with van der Waals surface area (Å²) in [7, 11) is 0. The van der Waals surface area contributed by atoms with E-state index < -0.39 is 0 Å². The molecule has 0 bridgehead atoms. The van der Waals surface area contributed by atoms with E-state index in [-0.39, 0.29) is 12.0 Å². The number of benzene rings is 1. The highest BCUT2D eigenvalue weighted by Gasteiger charge is 2.27. The average Bonchev–Trinajstić information content (AvgIpc) is 3.25. The minimum atomic E-state index is 0.0750. The maximum Gasteiger partial charge on any atom is 0.273 e. The molecule has 1 fully saturated rings. The van der Waals surface area contributed by atoms with Gasteiger partial charge in [0.2, 0.25) is 5.91 Å². The van der Waals surface area contributed by atoms with Crippen LogP contribution in [0.15, 0.2) is 40.7 Å². The summed E-state index contributed by atoms with van der Waals surface area (Å²) >= 11 is 3.22. The highest BCUT2D eigenvalue weighted by atomic mass is 32.2. The summed E-state index contributed by atoms with van der Waals surface area (Å²) in [5.74, 6) is 0.212. The van der Waals surface area contributed by atoms with Crippen molar-refractivity contribution in [2.45, 2.75) is 30.3 Å². The minimum absolute atomic E-state index is 0.0750. The van der Waals surface area contributed by atoms with Crippen LogP contribution in [0.3, 0.4) is 0 Å². The number of nitrogens with zero attached hydrogens (tertiary/aromatic N) is 2. The molecule has 0 aliphatic carbocycles. The highest BCUT2D eigenvalue weighted by molar-refractivity contribution is 7.98. The lowest BCUT2D eigenvalue weighted by atomic mass is 10.1. The summed E-state index contributed by atoms with van der Waals surface area (Å²) in [5.41, 5.74) is 1.21. The van der Waals surface area contributed by atoms with Crippen LogP contribution in [-0.4, -0.2) is 41.2 Å². The molecular formula is C17H20N2O2S2. The number of aromatic nitrogens is 1. The first-order chi connectivity index (χ1) is 11.2. The third kappa shape index (κ3) is 4.48. The third-order valence-corrected chi connectivity index (χ3v) is 5.37. The van der Waals surface area contributed by atoms with Gasteiger partial charge in [0.25, 0.3) is 5.19 Å². The molecule has 1 saturated heterocycles. The Balaban J connectivity index is 1.45. The van der Waals surface area contributed by atoms with Crippen LogP contribution in [0.25, 0.3) is 0 Å². The monoisotopic (exact) mass is 348 g/mol. The summed E-state index contributed by atoms with van der Waals surface area (Å²) in [4.78, 5) is 19.6. The predicted molar refractivity (Wildman–Crippen MR) is 94.3 cm³/mol. The molecule has 0 saturated carbocycles. The molecule has 0 spiro atoms. The fourth-order valence-corrected chi connectivity index (χ4v) is 3.62. The topological polar surface area (TPSA) is 42.4 Å². The van der Waals surface area contributed by atoms with Crippen molar-refractivity contribution < 1.29 is 9.53 Å². The van der Waals surface area contributed by atoms with Gasteiger partial charge >= 0.3 is 0 Å². The van der Waals surface area contributed by atoms with E-state index in [0.717, 1.165) is 19.4 Å². The molecule has 1 aliphatic rings. The first-order valence-corrected chi connectivity index (χ1v) is 9.82. The zero-order chi connectivity index (χ0) is 16.1. The number of likely N-dealkylation sites (tertiary alicyclic amines) is 1. The van der Waals surface area contributed by atoms with Crippen molar-refractivity contribution in [1.29, 1.82) is 0 Å². The quantitative estimate of drug-likeness (QED) is 0.750. The van der Waals surface area contributed by atoms with E-state index in [9.17, 15) is 4.79 Å². The van der Waals surface area contributed by atoms with Crippen molar-refractivity contribution in [2.24, 2.45) is 0 Å². The number of rotatable bonds is 6. The number of hydrogen-bond donors (Lipinski definition) is 0. The van der Waals surface area contributed by atoms with E-state index in [1.165, 1.54) is 21.8 Å². The second-order valence-electron chi connectivity index (χ2n) is 5.51. The Bertz CT molecular complexity index is 629. The Morgan fingerprint density at radius 2 is 2.26 bits per heavy atom. The SMILES string of the molecule is CSc1ccc(CCC(=O)N2CCC(Oc3nccs3)C2)cc1. The zero-order valence-electron chi connectivity index (χ0n) is 13.1. The number of thioether (sulfide) groups is 1.